The predicted molar refractivity (Wildman–Crippen MR) is 84.1 cm³/mol. The number of hydrogen-bond donors (Lipinski definition) is 2. The van der Waals surface area contributed by atoms with Crippen molar-refractivity contribution < 1.29 is 13.2 Å². The monoisotopic (exact) mass is 327 g/mol. The van der Waals surface area contributed by atoms with Crippen molar-refractivity contribution in [2.75, 3.05) is 24.3 Å². The van der Waals surface area contributed by atoms with Gasteiger partial charge in [0.05, 0.1) is 10.4 Å². The molecule has 2 aliphatic heterocycles. The molecular formula is C13H17N3O3S2. The molecule has 0 saturated carbocycles. The molecule has 0 aromatic heterocycles. The second kappa shape index (κ2) is 5.60. The molecule has 0 atom stereocenters. The van der Waals surface area contributed by atoms with E-state index in [-0.39, 0.29) is 10.4 Å². The van der Waals surface area contributed by atoms with Crippen molar-refractivity contribution in [3.63, 3.8) is 0 Å². The molecule has 6 nitrogen and oxygen atoms in total. The molecule has 1 saturated heterocycles. The molecule has 0 radical (unpaired) electrons. The Morgan fingerprint density at radius 2 is 1.90 bits per heavy atom. The first-order valence-electron chi connectivity index (χ1n) is 6.67. The van der Waals surface area contributed by atoms with Gasteiger partial charge in [0.2, 0.25) is 10.0 Å². The summed E-state index contributed by atoms with van der Waals surface area (Å²) in [5.74, 6) is 0.966. The maximum atomic E-state index is 11.2. The quantitative estimate of drug-likeness (QED) is 0.856. The molecular weight excluding hydrogens is 310 g/mol. The zero-order valence-electron chi connectivity index (χ0n) is 11.4. The number of rotatable bonds is 2. The van der Waals surface area contributed by atoms with E-state index >= 15 is 0 Å². The predicted octanol–water partition coefficient (Wildman–Crippen LogP) is 1.40. The summed E-state index contributed by atoms with van der Waals surface area (Å²) in [5, 5.41) is 9.18. The van der Waals surface area contributed by atoms with Crippen molar-refractivity contribution in [3.05, 3.63) is 24.3 Å². The third-order valence-electron chi connectivity index (χ3n) is 3.67. The number of amidine groups is 1. The minimum absolute atomic E-state index is 0.00574. The number of nitrogens with two attached hydrogens (primary N) is 1. The lowest BCUT2D eigenvalue weighted by molar-refractivity contribution is 0.0624. The summed E-state index contributed by atoms with van der Waals surface area (Å²) in [6.07, 6.45) is 1.91. The first-order valence-corrected chi connectivity index (χ1v) is 9.20. The van der Waals surface area contributed by atoms with E-state index in [1.54, 1.807) is 23.9 Å². The Hall–Kier alpha value is -1.09. The molecule has 0 unspecified atom stereocenters. The van der Waals surface area contributed by atoms with Gasteiger partial charge in [-0.1, -0.05) is 11.8 Å². The molecule has 1 aromatic carbocycles. The molecule has 0 bridgehead atoms. The van der Waals surface area contributed by atoms with Crippen LogP contribution in [0.2, 0.25) is 0 Å². The first-order chi connectivity index (χ1) is 9.97. The zero-order chi connectivity index (χ0) is 14.9. The molecule has 0 aliphatic carbocycles. The summed E-state index contributed by atoms with van der Waals surface area (Å²) >= 11 is 1.69. The standard InChI is InChI=1S/C13H17N3O3S2/c14-21(17,18)11-3-1-10(2-4-11)15-12-16-13(9-20-12)5-7-19-8-6-13/h1-4H,5-9H2,(H,15,16)(H2,14,17,18). The van der Waals surface area contributed by atoms with Crippen molar-refractivity contribution >= 4 is 32.6 Å². The van der Waals surface area contributed by atoms with Gasteiger partial charge in [-0.3, -0.25) is 4.99 Å². The molecule has 21 heavy (non-hydrogen) atoms. The normalized spacial score (nSPS) is 21.3. The van der Waals surface area contributed by atoms with Crippen molar-refractivity contribution in [2.45, 2.75) is 23.3 Å². The number of aliphatic imine (C=N–C) groups is 1. The maximum absolute atomic E-state index is 11.2. The van der Waals surface area contributed by atoms with Gasteiger partial charge < -0.3 is 10.1 Å². The Bertz CT molecular complexity index is 650. The van der Waals surface area contributed by atoms with Crippen molar-refractivity contribution in [1.82, 2.24) is 0 Å². The molecule has 1 spiro atoms. The average Bonchev–Trinajstić information content (AvgIpc) is 2.82. The van der Waals surface area contributed by atoms with Crippen LogP contribution in [0.4, 0.5) is 5.69 Å². The Labute approximate surface area is 128 Å². The minimum atomic E-state index is -3.65. The average molecular weight is 327 g/mol. The Morgan fingerprint density at radius 3 is 2.52 bits per heavy atom. The molecule has 3 N–H and O–H groups in total. The molecule has 3 rings (SSSR count). The van der Waals surface area contributed by atoms with Crippen LogP contribution in [-0.2, 0) is 14.8 Å². The highest BCUT2D eigenvalue weighted by Crippen LogP contribution is 2.36. The van der Waals surface area contributed by atoms with Gasteiger partial charge in [0, 0.05) is 24.7 Å². The van der Waals surface area contributed by atoms with E-state index in [0.717, 1.165) is 42.7 Å². The van der Waals surface area contributed by atoms with E-state index in [9.17, 15) is 8.42 Å². The third kappa shape index (κ3) is 3.39. The summed E-state index contributed by atoms with van der Waals surface area (Å²) in [5.41, 5.74) is 0.809. The number of primary sulfonamides is 1. The summed E-state index contributed by atoms with van der Waals surface area (Å²) in [6.45, 7) is 1.53. The summed E-state index contributed by atoms with van der Waals surface area (Å²) in [4.78, 5) is 4.90. The summed E-state index contributed by atoms with van der Waals surface area (Å²) in [7, 11) is -3.65. The van der Waals surface area contributed by atoms with Crippen LogP contribution in [0.3, 0.4) is 0 Å². The minimum Gasteiger partial charge on any atom is -0.381 e. The van der Waals surface area contributed by atoms with Crippen LogP contribution >= 0.6 is 11.8 Å². The number of hydrogen-bond acceptors (Lipinski definition) is 6. The van der Waals surface area contributed by atoms with Crippen molar-refractivity contribution in [1.29, 1.82) is 0 Å². The van der Waals surface area contributed by atoms with Crippen molar-refractivity contribution in [2.24, 2.45) is 10.1 Å². The molecule has 1 fully saturated rings. The fraction of sp³-hybridized carbons (Fsp3) is 0.462. The SMILES string of the molecule is NS(=O)(=O)c1ccc(NC2=NC3(CCOCC3)CS2)cc1. The molecule has 8 heteroatoms. The Balaban J connectivity index is 1.71. The number of nitrogens with zero attached hydrogens (tertiary/aromatic N) is 1. The Kier molecular flexibility index (Phi) is 3.96. The van der Waals surface area contributed by atoms with Gasteiger partial charge in [-0.2, -0.15) is 0 Å². The van der Waals surface area contributed by atoms with E-state index in [1.807, 2.05) is 0 Å². The van der Waals surface area contributed by atoms with Gasteiger partial charge in [0.15, 0.2) is 5.17 Å². The molecule has 2 aliphatic rings. The van der Waals surface area contributed by atoms with Gasteiger partial charge >= 0.3 is 0 Å². The van der Waals surface area contributed by atoms with Crippen molar-refractivity contribution in [3.8, 4) is 0 Å². The van der Waals surface area contributed by atoms with Crippen LogP contribution in [0.15, 0.2) is 34.2 Å². The van der Waals surface area contributed by atoms with Crippen LogP contribution < -0.4 is 10.5 Å². The number of benzene rings is 1. The Morgan fingerprint density at radius 1 is 1.24 bits per heavy atom. The number of anilines is 1. The van der Waals surface area contributed by atoms with E-state index in [2.05, 4.69) is 5.32 Å². The van der Waals surface area contributed by atoms with E-state index in [4.69, 9.17) is 14.9 Å². The lowest BCUT2D eigenvalue weighted by Gasteiger charge is -2.29. The highest BCUT2D eigenvalue weighted by molar-refractivity contribution is 8.14. The fourth-order valence-corrected chi connectivity index (χ4v) is 4.13. The summed E-state index contributed by atoms with van der Waals surface area (Å²) < 4.78 is 27.8. The van der Waals surface area contributed by atoms with Crippen LogP contribution in [0.1, 0.15) is 12.8 Å². The highest BCUT2D eigenvalue weighted by atomic mass is 32.2. The second-order valence-corrected chi connectivity index (χ2v) is 7.76. The van der Waals surface area contributed by atoms with Crippen LogP contribution in [-0.4, -0.2) is 38.1 Å². The highest BCUT2D eigenvalue weighted by Gasteiger charge is 2.37. The first kappa shape index (κ1) is 14.8. The molecule has 1 aromatic rings. The maximum Gasteiger partial charge on any atom is 0.238 e. The topological polar surface area (TPSA) is 93.8 Å². The third-order valence-corrected chi connectivity index (χ3v) is 5.75. The van der Waals surface area contributed by atoms with E-state index in [0.29, 0.717) is 0 Å². The van der Waals surface area contributed by atoms with Gasteiger partial charge in [0.25, 0.3) is 0 Å². The van der Waals surface area contributed by atoms with Crippen LogP contribution in [0, 0.1) is 0 Å². The van der Waals surface area contributed by atoms with Gasteiger partial charge in [0.1, 0.15) is 0 Å². The lowest BCUT2D eigenvalue weighted by Crippen LogP contribution is -2.34. The van der Waals surface area contributed by atoms with E-state index in [1.165, 1.54) is 12.1 Å². The largest absolute Gasteiger partial charge is 0.381 e. The van der Waals surface area contributed by atoms with E-state index < -0.39 is 10.0 Å². The van der Waals surface area contributed by atoms with Gasteiger partial charge in [-0.15, -0.1) is 0 Å². The number of sulfonamides is 1. The van der Waals surface area contributed by atoms with Crippen LogP contribution in [0.25, 0.3) is 0 Å². The smallest absolute Gasteiger partial charge is 0.238 e. The number of ether oxygens (including phenoxy) is 1. The second-order valence-electron chi connectivity index (χ2n) is 5.24. The number of nitrogens with one attached hydrogen (secondary N) is 1. The van der Waals surface area contributed by atoms with Gasteiger partial charge in [-0.05, 0) is 37.1 Å². The zero-order valence-corrected chi connectivity index (χ0v) is 13.0. The fourth-order valence-electron chi connectivity index (χ4n) is 2.41. The summed E-state index contributed by atoms with van der Waals surface area (Å²) in [6, 6.07) is 6.36. The molecule has 114 valence electrons. The number of thioether (sulfide) groups is 1. The molecule has 0 amide bonds. The van der Waals surface area contributed by atoms with Gasteiger partial charge in [-0.25, -0.2) is 13.6 Å². The molecule has 2 heterocycles. The lowest BCUT2D eigenvalue weighted by atomic mass is 9.93. The van der Waals surface area contributed by atoms with Crippen LogP contribution in [0.5, 0.6) is 0 Å².